The summed E-state index contributed by atoms with van der Waals surface area (Å²) in [5.74, 6) is -0.257. The Hall–Kier alpha value is -3.86. The highest BCUT2D eigenvalue weighted by molar-refractivity contribution is 6.00. The summed E-state index contributed by atoms with van der Waals surface area (Å²) < 4.78 is 5.74. The summed E-state index contributed by atoms with van der Waals surface area (Å²) in [6.45, 7) is 2.62. The topological polar surface area (TPSA) is 63.6 Å². The third-order valence-electron chi connectivity index (χ3n) is 5.31. The first kappa shape index (κ1) is 25.8. The van der Waals surface area contributed by atoms with Gasteiger partial charge >= 0.3 is 0 Å². The van der Waals surface area contributed by atoms with Crippen molar-refractivity contribution in [3.05, 3.63) is 144 Å². The van der Waals surface area contributed by atoms with Crippen LogP contribution in [0.4, 0.5) is 0 Å². The molecule has 0 fully saturated rings. The number of carbonyl (C=O) groups excluding carboxylic acids is 2. The van der Waals surface area contributed by atoms with E-state index in [1.165, 1.54) is 0 Å². The fourth-order valence-electron chi connectivity index (χ4n) is 3.49. The number of carbonyl (C=O) groups is 2. The van der Waals surface area contributed by atoms with E-state index in [4.69, 9.17) is 4.74 Å². The van der Waals surface area contributed by atoms with Crippen LogP contribution in [0.3, 0.4) is 0 Å². The highest BCUT2D eigenvalue weighted by Gasteiger charge is 2.22. The lowest BCUT2D eigenvalue weighted by atomic mass is 10.00. The summed E-state index contributed by atoms with van der Waals surface area (Å²) >= 11 is 0. The Morgan fingerprint density at radius 3 is 1.49 bits per heavy atom. The van der Waals surface area contributed by atoms with Crippen LogP contribution in [0, 0.1) is 0 Å². The number of rotatable bonds is 9. The highest BCUT2D eigenvalue weighted by atomic mass is 16.5. The van der Waals surface area contributed by atoms with Gasteiger partial charge in [0, 0.05) is 17.7 Å². The fraction of sp³-hybridized carbons (Fsp3) is 0.161. The second-order valence-electron chi connectivity index (χ2n) is 7.94. The van der Waals surface area contributed by atoms with Gasteiger partial charge in [-0.25, -0.2) is 0 Å². The van der Waals surface area contributed by atoms with Gasteiger partial charge in [-0.3, -0.25) is 9.59 Å². The van der Waals surface area contributed by atoms with Crippen molar-refractivity contribution in [1.29, 1.82) is 0 Å². The molecule has 178 valence electrons. The van der Waals surface area contributed by atoms with Crippen molar-refractivity contribution in [2.45, 2.75) is 25.6 Å². The van der Waals surface area contributed by atoms with Crippen molar-refractivity contribution in [3.8, 4) is 0 Å². The van der Waals surface area contributed by atoms with E-state index in [1.54, 1.807) is 48.5 Å². The molecular formula is C31H30O4. The predicted molar refractivity (Wildman–Crippen MR) is 138 cm³/mol. The minimum Gasteiger partial charge on any atom is -0.380 e. The van der Waals surface area contributed by atoms with Gasteiger partial charge in [0.05, 0.1) is 0 Å². The predicted octanol–water partition coefficient (Wildman–Crippen LogP) is 6.64. The van der Waals surface area contributed by atoms with Gasteiger partial charge < -0.3 is 9.84 Å². The van der Waals surface area contributed by atoms with Crippen molar-refractivity contribution in [3.63, 3.8) is 0 Å². The minimum atomic E-state index is -1.08. The van der Waals surface area contributed by atoms with Crippen LogP contribution in [0.2, 0.25) is 0 Å². The average molecular weight is 467 g/mol. The smallest absolute Gasteiger partial charge is 0.196 e. The van der Waals surface area contributed by atoms with Gasteiger partial charge in [0.2, 0.25) is 0 Å². The number of hydrogen-bond acceptors (Lipinski definition) is 4. The van der Waals surface area contributed by atoms with E-state index in [0.29, 0.717) is 23.3 Å². The van der Waals surface area contributed by atoms with Gasteiger partial charge in [0.15, 0.2) is 11.6 Å². The van der Waals surface area contributed by atoms with E-state index >= 15 is 0 Å². The van der Waals surface area contributed by atoms with Crippen LogP contribution in [0.25, 0.3) is 0 Å². The maximum Gasteiger partial charge on any atom is 0.196 e. The quantitative estimate of drug-likeness (QED) is 0.281. The second kappa shape index (κ2) is 13.8. The number of benzene rings is 4. The van der Waals surface area contributed by atoms with Crippen LogP contribution in [0.15, 0.2) is 121 Å². The van der Waals surface area contributed by atoms with E-state index in [1.807, 2.05) is 79.7 Å². The molecule has 2 unspecified atom stereocenters. The van der Waals surface area contributed by atoms with Gasteiger partial charge in [0.25, 0.3) is 0 Å². The Balaban J connectivity index is 0.000000198. The number of ether oxygens (including phenoxy) is 1. The zero-order chi connectivity index (χ0) is 24.9. The molecule has 0 aliphatic carbocycles. The molecule has 4 rings (SSSR count). The minimum absolute atomic E-state index is 0.0141. The maximum atomic E-state index is 12.5. The molecular weight excluding hydrogens is 436 g/mol. The lowest BCUT2D eigenvalue weighted by Gasteiger charge is -2.17. The van der Waals surface area contributed by atoms with Gasteiger partial charge in [-0.1, -0.05) is 128 Å². The molecule has 4 aromatic rings. The normalized spacial score (nSPS) is 12.1. The number of aliphatic hydroxyl groups excluding tert-OH is 1. The second-order valence-corrected chi connectivity index (χ2v) is 7.94. The lowest BCUT2D eigenvalue weighted by molar-refractivity contribution is 0.0407. The molecule has 0 aromatic heterocycles. The molecule has 4 heteroatoms. The number of ketones is 2. The first-order valence-electron chi connectivity index (χ1n) is 11.7. The summed E-state index contributed by atoms with van der Waals surface area (Å²) in [4.78, 5) is 24.4. The molecule has 4 aromatic carbocycles. The summed E-state index contributed by atoms with van der Waals surface area (Å²) in [5, 5.41) is 9.89. The van der Waals surface area contributed by atoms with E-state index in [2.05, 4.69) is 0 Å². The van der Waals surface area contributed by atoms with Crippen LogP contribution in [0.5, 0.6) is 0 Å². The number of hydrogen-bond donors (Lipinski definition) is 1. The van der Waals surface area contributed by atoms with Crippen LogP contribution >= 0.6 is 0 Å². The van der Waals surface area contributed by atoms with Crippen LogP contribution in [0.1, 0.15) is 57.4 Å². The fourth-order valence-corrected chi connectivity index (χ4v) is 3.49. The molecule has 0 bridgehead atoms. The SMILES string of the molecule is CCCOC(C(=O)c1ccccc1)c1ccccc1.O=C(c1ccccc1)C(O)c1ccccc1. The standard InChI is InChI=1S/C17H18O2.C14H12O2/c1-2-13-19-17(15-11-7-4-8-12-15)16(18)14-9-5-3-6-10-14;15-13(11-7-3-1-4-8-11)14(16)12-9-5-2-6-10-12/h3-12,17H,2,13H2,1H3;1-10,13,15H. The van der Waals surface area contributed by atoms with E-state index in [0.717, 1.165) is 12.0 Å². The molecule has 2 atom stereocenters. The first-order valence-corrected chi connectivity index (χ1v) is 11.7. The molecule has 4 nitrogen and oxygen atoms in total. The van der Waals surface area contributed by atoms with E-state index in [-0.39, 0.29) is 11.6 Å². The van der Waals surface area contributed by atoms with Crippen LogP contribution in [-0.4, -0.2) is 23.3 Å². The number of Topliss-reactive ketones (excluding diaryl/α,β-unsaturated/α-hetero) is 2. The van der Waals surface area contributed by atoms with Gasteiger partial charge in [-0.2, -0.15) is 0 Å². The van der Waals surface area contributed by atoms with Crippen LogP contribution < -0.4 is 0 Å². The van der Waals surface area contributed by atoms with Crippen molar-refractivity contribution >= 4 is 11.6 Å². The van der Waals surface area contributed by atoms with E-state index in [9.17, 15) is 14.7 Å². The molecule has 0 saturated heterocycles. The van der Waals surface area contributed by atoms with Crippen molar-refractivity contribution in [1.82, 2.24) is 0 Å². The van der Waals surface area contributed by atoms with Crippen molar-refractivity contribution < 1.29 is 19.4 Å². The summed E-state index contributed by atoms with van der Waals surface area (Å²) in [7, 11) is 0. The molecule has 0 radical (unpaired) electrons. The Labute approximate surface area is 206 Å². The van der Waals surface area contributed by atoms with Crippen LogP contribution in [-0.2, 0) is 4.74 Å². The summed E-state index contributed by atoms with van der Waals surface area (Å²) in [5.41, 5.74) is 2.74. The molecule has 1 N–H and O–H groups in total. The van der Waals surface area contributed by atoms with Gasteiger partial charge in [-0.15, -0.1) is 0 Å². The largest absolute Gasteiger partial charge is 0.380 e. The van der Waals surface area contributed by atoms with Gasteiger partial charge in [0.1, 0.15) is 12.2 Å². The molecule has 0 spiro atoms. The zero-order valence-electron chi connectivity index (χ0n) is 19.8. The third kappa shape index (κ3) is 7.57. The Morgan fingerprint density at radius 1 is 0.629 bits per heavy atom. The Bertz CT molecular complexity index is 1160. The monoisotopic (exact) mass is 466 g/mol. The lowest BCUT2D eigenvalue weighted by Crippen LogP contribution is -2.17. The van der Waals surface area contributed by atoms with E-state index < -0.39 is 12.2 Å². The molecule has 0 saturated carbocycles. The maximum absolute atomic E-state index is 12.5. The van der Waals surface area contributed by atoms with Crippen molar-refractivity contribution in [2.24, 2.45) is 0 Å². The summed E-state index contributed by atoms with van der Waals surface area (Å²) in [6, 6.07) is 36.7. The average Bonchev–Trinajstić information content (AvgIpc) is 2.94. The molecule has 0 aliphatic rings. The Morgan fingerprint density at radius 2 is 1.03 bits per heavy atom. The van der Waals surface area contributed by atoms with Gasteiger partial charge in [-0.05, 0) is 17.5 Å². The molecule has 0 amide bonds. The first-order chi connectivity index (χ1) is 17.1. The highest BCUT2D eigenvalue weighted by Crippen LogP contribution is 2.22. The molecule has 0 heterocycles. The van der Waals surface area contributed by atoms with Crippen molar-refractivity contribution in [2.75, 3.05) is 6.61 Å². The third-order valence-corrected chi connectivity index (χ3v) is 5.31. The molecule has 0 aliphatic heterocycles. The molecule has 35 heavy (non-hydrogen) atoms. The number of aliphatic hydroxyl groups is 1. The Kier molecular flexibility index (Phi) is 10.1. The zero-order valence-corrected chi connectivity index (χ0v) is 19.8. The summed E-state index contributed by atoms with van der Waals surface area (Å²) in [6.07, 6.45) is -0.696.